The molecule has 9 nitrogen and oxygen atoms in total. The first-order chi connectivity index (χ1) is 39.4. The fourth-order valence-corrected chi connectivity index (χ4v) is 9.31. The number of hydrogen-bond donors (Lipinski definition) is 2. The Morgan fingerprint density at radius 1 is 0.444 bits per heavy atom. The molecule has 81 heavy (non-hydrogen) atoms. The monoisotopic (exact) mass is 1150 g/mol. The van der Waals surface area contributed by atoms with E-state index in [2.05, 4.69) is 148 Å². The summed E-state index contributed by atoms with van der Waals surface area (Å²) in [5, 5.41) is 3.04. The van der Waals surface area contributed by atoms with Crippen molar-refractivity contribution in [2.45, 2.75) is 264 Å². The number of nitrogens with one attached hydrogen (secondary N) is 1. The summed E-state index contributed by atoms with van der Waals surface area (Å²) < 4.78 is 30.7. The van der Waals surface area contributed by atoms with Gasteiger partial charge in [0.05, 0.1) is 33.8 Å². The highest BCUT2D eigenvalue weighted by atomic mass is 31.2. The number of carbonyl (C=O) groups is 2. The number of nitrogens with zero attached hydrogens (tertiary/aromatic N) is 1. The largest absolute Gasteiger partial charge is 0.472 e. The van der Waals surface area contributed by atoms with E-state index < -0.39 is 20.0 Å². The maximum atomic E-state index is 13.6. The molecule has 2 N–H and O–H groups in total. The summed E-state index contributed by atoms with van der Waals surface area (Å²) in [6, 6.07) is -0.887. The summed E-state index contributed by atoms with van der Waals surface area (Å²) in [4.78, 5) is 37.8. The number of rotatable bonds is 57. The maximum Gasteiger partial charge on any atom is 0.472 e. The minimum absolute atomic E-state index is 0.0215. The third-order valence-corrected chi connectivity index (χ3v) is 14.6. The normalized spacial score (nSPS) is 14.5. The van der Waals surface area contributed by atoms with Gasteiger partial charge in [-0.1, -0.05) is 245 Å². The molecule has 0 rings (SSSR count). The number of allylic oxidation sites excluding steroid dienone is 21. The first-order valence-electron chi connectivity index (χ1n) is 32.5. The third-order valence-electron chi connectivity index (χ3n) is 13.6. The lowest BCUT2D eigenvalue weighted by Crippen LogP contribution is -2.47. The zero-order chi connectivity index (χ0) is 59.3. The summed E-state index contributed by atoms with van der Waals surface area (Å²) in [7, 11) is 1.44. The van der Waals surface area contributed by atoms with Crippen LogP contribution in [0.3, 0.4) is 0 Å². The van der Waals surface area contributed by atoms with Gasteiger partial charge in [0, 0.05) is 12.8 Å². The molecule has 0 saturated carbocycles. The van der Waals surface area contributed by atoms with E-state index in [1.165, 1.54) is 83.5 Å². The second kappa shape index (κ2) is 59.3. The Bertz CT molecular complexity index is 1850. The Hall–Kier alpha value is -3.85. The van der Waals surface area contributed by atoms with E-state index in [0.29, 0.717) is 30.3 Å². The van der Waals surface area contributed by atoms with Crippen LogP contribution in [0.25, 0.3) is 0 Å². The van der Waals surface area contributed by atoms with Crippen LogP contribution >= 0.6 is 7.82 Å². The third kappa shape index (κ3) is 60.6. The molecular weight excluding hydrogens is 1020 g/mol. The Morgan fingerprint density at radius 3 is 1.22 bits per heavy atom. The van der Waals surface area contributed by atoms with Crippen molar-refractivity contribution in [3.05, 3.63) is 134 Å². The first-order valence-corrected chi connectivity index (χ1v) is 34.0. The Balaban J connectivity index is 5.38. The van der Waals surface area contributed by atoms with E-state index in [1.54, 1.807) is 0 Å². The van der Waals surface area contributed by atoms with Gasteiger partial charge in [0.2, 0.25) is 5.91 Å². The van der Waals surface area contributed by atoms with E-state index in [9.17, 15) is 19.0 Å². The number of esters is 1. The molecule has 0 aliphatic heterocycles. The highest BCUT2D eigenvalue weighted by molar-refractivity contribution is 7.47. The topological polar surface area (TPSA) is 111 Å². The predicted molar refractivity (Wildman–Crippen MR) is 350 cm³/mol. The van der Waals surface area contributed by atoms with Crippen LogP contribution < -0.4 is 5.32 Å². The molecule has 3 unspecified atom stereocenters. The zero-order valence-electron chi connectivity index (χ0n) is 52.7. The number of phosphoric ester groups is 1. The molecule has 0 aliphatic carbocycles. The summed E-state index contributed by atoms with van der Waals surface area (Å²) in [5.41, 5.74) is 0. The highest BCUT2D eigenvalue weighted by Crippen LogP contribution is 2.43. The van der Waals surface area contributed by atoms with Crippen LogP contribution in [0.5, 0.6) is 0 Å². The standard InChI is InChI=1S/C71H121N2O7P/c1-7-10-13-16-19-22-25-28-30-32-34-36-38-40-42-45-48-51-54-57-60-63-70(74)72-68(67-79-81(76,77)78-66-65-73(4,5)6)69(62-59-56-53-50-47-44-27-24-21-18-15-12-9-3)80-71(75)64-61-58-55-52-49-46-43-41-39-37-35-33-31-29-26-23-20-17-14-11-8-2/h11,14,19-20,22-23,28-31,34-37,40-43,49,52,59,62,68-69H,7-10,12-13,15-18,21,24-27,32-33,38-39,44-48,50-51,53-58,60-61,63-67H2,1-6H3,(H-,72,74,76,77)/p+1/b14-11-,22-19-,23-20-,30-28-,31-29-,36-34-,37-35-,42-40-,43-41-,52-49-,62-59+. The van der Waals surface area contributed by atoms with Gasteiger partial charge in [-0.2, -0.15) is 0 Å². The smallest absolute Gasteiger partial charge is 0.456 e. The average molecular weight is 1150 g/mol. The molecule has 0 radical (unpaired) electrons. The van der Waals surface area contributed by atoms with Crippen molar-refractivity contribution in [2.24, 2.45) is 0 Å². The number of amides is 1. The number of carbonyl (C=O) groups excluding carboxylic acids is 2. The second-order valence-electron chi connectivity index (χ2n) is 22.5. The lowest BCUT2D eigenvalue weighted by atomic mass is 10.0. The molecule has 0 saturated heterocycles. The van der Waals surface area contributed by atoms with Gasteiger partial charge in [-0.05, 0) is 128 Å². The van der Waals surface area contributed by atoms with E-state index >= 15 is 0 Å². The van der Waals surface area contributed by atoms with Gasteiger partial charge in [-0.3, -0.25) is 18.6 Å². The minimum atomic E-state index is -4.48. The molecule has 0 aromatic heterocycles. The molecule has 462 valence electrons. The van der Waals surface area contributed by atoms with Gasteiger partial charge in [-0.15, -0.1) is 0 Å². The molecule has 1 amide bonds. The van der Waals surface area contributed by atoms with Gasteiger partial charge >= 0.3 is 13.8 Å². The molecule has 10 heteroatoms. The highest BCUT2D eigenvalue weighted by Gasteiger charge is 2.30. The maximum absolute atomic E-state index is 13.6. The molecule has 0 aromatic carbocycles. The van der Waals surface area contributed by atoms with Gasteiger partial charge in [0.15, 0.2) is 0 Å². The fourth-order valence-electron chi connectivity index (χ4n) is 8.57. The van der Waals surface area contributed by atoms with Crippen LogP contribution in [-0.4, -0.2) is 74.3 Å². The summed E-state index contributed by atoms with van der Waals surface area (Å²) in [6.07, 6.45) is 84.5. The van der Waals surface area contributed by atoms with Gasteiger partial charge in [0.1, 0.15) is 19.3 Å². The zero-order valence-corrected chi connectivity index (χ0v) is 53.6. The number of ether oxygens (including phenoxy) is 1. The van der Waals surface area contributed by atoms with Crippen molar-refractivity contribution >= 4 is 19.7 Å². The average Bonchev–Trinajstić information content (AvgIpc) is 3.44. The van der Waals surface area contributed by atoms with Crippen molar-refractivity contribution < 1.29 is 37.3 Å². The van der Waals surface area contributed by atoms with E-state index in [4.69, 9.17) is 13.8 Å². The van der Waals surface area contributed by atoms with Gasteiger partial charge in [0.25, 0.3) is 0 Å². The molecule has 0 spiro atoms. The Kier molecular flexibility index (Phi) is 56.5. The summed E-state index contributed by atoms with van der Waals surface area (Å²) in [5.74, 6) is -0.585. The number of quaternary nitrogens is 1. The molecule has 0 heterocycles. The molecule has 0 bridgehead atoms. The van der Waals surface area contributed by atoms with Crippen LogP contribution in [0.1, 0.15) is 252 Å². The van der Waals surface area contributed by atoms with Crippen LogP contribution in [0, 0.1) is 0 Å². The van der Waals surface area contributed by atoms with Crippen LogP contribution in [-0.2, 0) is 27.9 Å². The number of unbranched alkanes of at least 4 members (excludes halogenated alkanes) is 21. The molecular formula is C71H122N2O7P+. The fraction of sp³-hybridized carbons (Fsp3) is 0.662. The van der Waals surface area contributed by atoms with Crippen LogP contribution in [0.2, 0.25) is 0 Å². The number of phosphoric acid groups is 1. The van der Waals surface area contributed by atoms with Crippen molar-refractivity contribution in [3.63, 3.8) is 0 Å². The van der Waals surface area contributed by atoms with E-state index in [-0.39, 0.29) is 31.5 Å². The second-order valence-corrected chi connectivity index (χ2v) is 24.0. The minimum Gasteiger partial charge on any atom is -0.456 e. The summed E-state index contributed by atoms with van der Waals surface area (Å²) >= 11 is 0. The number of likely N-dealkylation sites (N-methyl/N-ethyl adjacent to an activating group) is 1. The van der Waals surface area contributed by atoms with Crippen LogP contribution in [0.15, 0.2) is 134 Å². The SMILES string of the molecule is CC/C=C\C/C=C\C/C=C\C/C=C\C/C=C\C/C=C\CCCCC(=O)OC(/C=C/CCCCCCCCCCCCC)C(COP(=O)(O)OCC[N+](C)(C)C)NC(=O)CCCCCCC/C=C\C/C=C\C/C=C\C/C=C\CCCCC. The number of hydrogen-bond acceptors (Lipinski definition) is 6. The summed E-state index contributed by atoms with van der Waals surface area (Å²) in [6.45, 7) is 6.82. The van der Waals surface area contributed by atoms with E-state index in [0.717, 1.165) is 122 Å². The molecule has 0 aliphatic rings. The molecule has 3 atom stereocenters. The van der Waals surface area contributed by atoms with Crippen molar-refractivity contribution in [2.75, 3.05) is 40.9 Å². The lowest BCUT2D eigenvalue weighted by Gasteiger charge is -2.27. The molecule has 0 aromatic rings. The van der Waals surface area contributed by atoms with Crippen molar-refractivity contribution in [1.29, 1.82) is 0 Å². The van der Waals surface area contributed by atoms with E-state index in [1.807, 2.05) is 33.3 Å². The van der Waals surface area contributed by atoms with Gasteiger partial charge in [-0.25, -0.2) is 4.57 Å². The lowest BCUT2D eigenvalue weighted by molar-refractivity contribution is -0.870. The Morgan fingerprint density at radius 2 is 0.790 bits per heavy atom. The quantitative estimate of drug-likeness (QED) is 0.0205. The first kappa shape index (κ1) is 77.2. The van der Waals surface area contributed by atoms with Crippen molar-refractivity contribution in [3.8, 4) is 0 Å². The van der Waals surface area contributed by atoms with Gasteiger partial charge < -0.3 is 19.4 Å². The van der Waals surface area contributed by atoms with Crippen molar-refractivity contribution in [1.82, 2.24) is 5.32 Å². The predicted octanol–water partition coefficient (Wildman–Crippen LogP) is 20.4. The van der Waals surface area contributed by atoms with Crippen LogP contribution in [0.4, 0.5) is 0 Å². The molecule has 0 fully saturated rings. The Labute approximate surface area is 498 Å².